The third-order valence-electron chi connectivity index (χ3n) is 3.31. The Labute approximate surface area is 101 Å². The van der Waals surface area contributed by atoms with E-state index in [0.717, 1.165) is 13.2 Å². The summed E-state index contributed by atoms with van der Waals surface area (Å²) in [5.41, 5.74) is 0.0729. The Morgan fingerprint density at radius 3 is 1.31 bits per heavy atom. The van der Waals surface area contributed by atoms with Crippen LogP contribution in [0, 0.1) is 16.2 Å². The first-order valence-corrected chi connectivity index (χ1v) is 6.19. The van der Waals surface area contributed by atoms with Crippen LogP contribution in [0.2, 0.25) is 0 Å². The summed E-state index contributed by atoms with van der Waals surface area (Å²) < 4.78 is 12.4. The highest BCUT2D eigenvalue weighted by Crippen LogP contribution is 2.50. The van der Waals surface area contributed by atoms with Crippen LogP contribution in [0.1, 0.15) is 55.4 Å². The van der Waals surface area contributed by atoms with E-state index in [1.165, 1.54) is 0 Å². The molecule has 0 amide bonds. The van der Waals surface area contributed by atoms with Gasteiger partial charge in [0.05, 0.1) is 13.2 Å². The number of ether oxygens (including phenoxy) is 2. The molecule has 0 saturated carbocycles. The van der Waals surface area contributed by atoms with Crippen LogP contribution in [0.15, 0.2) is 0 Å². The molecule has 0 unspecified atom stereocenters. The fourth-order valence-electron chi connectivity index (χ4n) is 2.67. The van der Waals surface area contributed by atoms with Gasteiger partial charge < -0.3 is 9.47 Å². The van der Waals surface area contributed by atoms with Gasteiger partial charge in [0, 0.05) is 16.2 Å². The Kier molecular flexibility index (Phi) is 3.24. The second-order valence-electron chi connectivity index (χ2n) is 7.86. The highest BCUT2D eigenvalue weighted by molar-refractivity contribution is 4.97. The van der Waals surface area contributed by atoms with Gasteiger partial charge >= 0.3 is 0 Å². The van der Waals surface area contributed by atoms with E-state index in [1.807, 2.05) is 0 Å². The van der Waals surface area contributed by atoms with E-state index in [1.54, 1.807) is 0 Å². The van der Waals surface area contributed by atoms with Gasteiger partial charge in [-0.25, -0.2) is 0 Å². The van der Waals surface area contributed by atoms with Crippen molar-refractivity contribution in [1.82, 2.24) is 0 Å². The zero-order chi connectivity index (χ0) is 12.8. The Bertz CT molecular complexity index is 227. The SMILES string of the molecule is CC1(C)COC(C(C)(C)C)(C(C)(C)C)OC1. The molecule has 0 bridgehead atoms. The summed E-state index contributed by atoms with van der Waals surface area (Å²) in [7, 11) is 0. The normalized spacial score (nSPS) is 25.5. The molecule has 1 rings (SSSR count). The van der Waals surface area contributed by atoms with Crippen molar-refractivity contribution < 1.29 is 9.47 Å². The molecule has 2 nitrogen and oxygen atoms in total. The largest absolute Gasteiger partial charge is 0.348 e. The molecular formula is C14H28O2. The number of rotatable bonds is 0. The lowest BCUT2D eigenvalue weighted by atomic mass is 9.69. The lowest BCUT2D eigenvalue weighted by molar-refractivity contribution is -0.379. The Morgan fingerprint density at radius 1 is 0.750 bits per heavy atom. The molecule has 0 aromatic carbocycles. The number of hydrogen-bond donors (Lipinski definition) is 0. The Balaban J connectivity index is 3.03. The van der Waals surface area contributed by atoms with Gasteiger partial charge in [-0.2, -0.15) is 0 Å². The van der Waals surface area contributed by atoms with Gasteiger partial charge in [-0.1, -0.05) is 55.4 Å². The molecule has 1 heterocycles. The third kappa shape index (κ3) is 2.28. The second kappa shape index (κ2) is 3.71. The fourth-order valence-corrected chi connectivity index (χ4v) is 2.67. The smallest absolute Gasteiger partial charge is 0.177 e. The molecule has 0 aliphatic carbocycles. The first-order valence-electron chi connectivity index (χ1n) is 6.19. The van der Waals surface area contributed by atoms with Gasteiger partial charge in [0.2, 0.25) is 0 Å². The molecule has 2 heteroatoms. The lowest BCUT2D eigenvalue weighted by Crippen LogP contribution is -2.61. The van der Waals surface area contributed by atoms with Crippen molar-refractivity contribution in [2.45, 2.75) is 61.2 Å². The predicted octanol–water partition coefficient (Wildman–Crippen LogP) is 3.85. The molecule has 16 heavy (non-hydrogen) atoms. The average Bonchev–Trinajstić information content (AvgIpc) is 1.98. The quantitative estimate of drug-likeness (QED) is 0.627. The van der Waals surface area contributed by atoms with E-state index < -0.39 is 5.79 Å². The average molecular weight is 228 g/mol. The summed E-state index contributed by atoms with van der Waals surface area (Å²) in [5, 5.41) is 0. The van der Waals surface area contributed by atoms with Crippen LogP contribution in [0.4, 0.5) is 0 Å². The van der Waals surface area contributed by atoms with Crippen molar-refractivity contribution in [1.29, 1.82) is 0 Å². The van der Waals surface area contributed by atoms with E-state index in [0.29, 0.717) is 0 Å². The van der Waals surface area contributed by atoms with Crippen LogP contribution >= 0.6 is 0 Å². The summed E-state index contributed by atoms with van der Waals surface area (Å²) in [6.45, 7) is 19.0. The molecular weight excluding hydrogens is 200 g/mol. The first kappa shape index (κ1) is 14.0. The van der Waals surface area contributed by atoms with Gasteiger partial charge in [-0.3, -0.25) is 0 Å². The zero-order valence-corrected chi connectivity index (χ0v) is 12.2. The summed E-state index contributed by atoms with van der Waals surface area (Å²) in [4.78, 5) is 0. The summed E-state index contributed by atoms with van der Waals surface area (Å²) in [6, 6.07) is 0. The van der Waals surface area contributed by atoms with Gasteiger partial charge in [-0.15, -0.1) is 0 Å². The Hall–Kier alpha value is -0.0800. The second-order valence-corrected chi connectivity index (χ2v) is 7.86. The van der Waals surface area contributed by atoms with Gasteiger partial charge in [0.25, 0.3) is 0 Å². The van der Waals surface area contributed by atoms with Crippen LogP contribution in [0.3, 0.4) is 0 Å². The molecule has 1 fully saturated rings. The van der Waals surface area contributed by atoms with Crippen molar-refractivity contribution in [3.05, 3.63) is 0 Å². The highest BCUT2D eigenvalue weighted by Gasteiger charge is 2.56. The van der Waals surface area contributed by atoms with Crippen molar-refractivity contribution in [2.75, 3.05) is 13.2 Å². The molecule has 0 N–H and O–H groups in total. The number of hydrogen-bond acceptors (Lipinski definition) is 2. The molecule has 1 saturated heterocycles. The van der Waals surface area contributed by atoms with Gasteiger partial charge in [-0.05, 0) is 0 Å². The van der Waals surface area contributed by atoms with Crippen LogP contribution < -0.4 is 0 Å². The van der Waals surface area contributed by atoms with Crippen molar-refractivity contribution >= 4 is 0 Å². The maximum Gasteiger partial charge on any atom is 0.177 e. The maximum atomic E-state index is 6.19. The fraction of sp³-hybridized carbons (Fsp3) is 1.00. The van der Waals surface area contributed by atoms with E-state index in [2.05, 4.69) is 55.4 Å². The minimum atomic E-state index is -0.491. The van der Waals surface area contributed by atoms with Crippen molar-refractivity contribution in [3.8, 4) is 0 Å². The highest BCUT2D eigenvalue weighted by atomic mass is 16.7. The first-order chi connectivity index (χ1) is 6.91. The van der Waals surface area contributed by atoms with E-state index in [-0.39, 0.29) is 16.2 Å². The third-order valence-corrected chi connectivity index (χ3v) is 3.31. The zero-order valence-electron chi connectivity index (χ0n) is 12.2. The van der Waals surface area contributed by atoms with E-state index in [9.17, 15) is 0 Å². The minimum Gasteiger partial charge on any atom is -0.348 e. The summed E-state index contributed by atoms with van der Waals surface area (Å²) in [6.07, 6.45) is 0. The lowest BCUT2D eigenvalue weighted by Gasteiger charge is -2.56. The summed E-state index contributed by atoms with van der Waals surface area (Å²) >= 11 is 0. The molecule has 0 aromatic rings. The monoisotopic (exact) mass is 228 g/mol. The Morgan fingerprint density at radius 2 is 1.06 bits per heavy atom. The standard InChI is InChI=1S/C14H28O2/c1-11(2,3)14(12(4,5)6)15-9-13(7,8)10-16-14/h9-10H2,1-8H3. The minimum absolute atomic E-state index is 0.0260. The molecule has 1 aliphatic heterocycles. The van der Waals surface area contributed by atoms with Gasteiger partial charge in [0.1, 0.15) is 0 Å². The predicted molar refractivity (Wildman–Crippen MR) is 67.3 cm³/mol. The summed E-state index contributed by atoms with van der Waals surface area (Å²) in [5.74, 6) is -0.491. The maximum absolute atomic E-state index is 6.19. The molecule has 0 aromatic heterocycles. The van der Waals surface area contributed by atoms with Crippen molar-refractivity contribution in [3.63, 3.8) is 0 Å². The molecule has 0 atom stereocenters. The van der Waals surface area contributed by atoms with Crippen LogP contribution in [-0.4, -0.2) is 19.0 Å². The van der Waals surface area contributed by atoms with Crippen LogP contribution in [0.25, 0.3) is 0 Å². The molecule has 0 radical (unpaired) electrons. The van der Waals surface area contributed by atoms with Crippen molar-refractivity contribution in [2.24, 2.45) is 16.2 Å². The van der Waals surface area contributed by atoms with Crippen LogP contribution in [-0.2, 0) is 9.47 Å². The topological polar surface area (TPSA) is 18.5 Å². The van der Waals surface area contributed by atoms with E-state index in [4.69, 9.17) is 9.47 Å². The molecule has 1 aliphatic rings. The molecule has 0 spiro atoms. The van der Waals surface area contributed by atoms with Crippen LogP contribution in [0.5, 0.6) is 0 Å². The molecule has 96 valence electrons. The van der Waals surface area contributed by atoms with E-state index >= 15 is 0 Å². The van der Waals surface area contributed by atoms with Gasteiger partial charge in [0.15, 0.2) is 5.79 Å².